The maximum atomic E-state index is 12.6. The first-order chi connectivity index (χ1) is 9.52. The summed E-state index contributed by atoms with van der Waals surface area (Å²) in [5.41, 5.74) is 0. The van der Waals surface area contributed by atoms with Gasteiger partial charge >= 0.3 is 6.18 Å². The Morgan fingerprint density at radius 2 is 1.75 bits per heavy atom. The average molecular weight is 305 g/mol. The van der Waals surface area contributed by atoms with Crippen LogP contribution in [-0.2, 0) is 6.54 Å². The molecule has 0 amide bonds. The van der Waals surface area contributed by atoms with Crippen molar-refractivity contribution >= 4 is 11.3 Å². The van der Waals surface area contributed by atoms with Gasteiger partial charge in [0, 0.05) is 18.5 Å². The molecule has 3 rings (SSSR count). The summed E-state index contributed by atoms with van der Waals surface area (Å²) in [7, 11) is 0. The van der Waals surface area contributed by atoms with Gasteiger partial charge < -0.3 is 5.32 Å². The van der Waals surface area contributed by atoms with Crippen LogP contribution in [0, 0.1) is 5.92 Å². The van der Waals surface area contributed by atoms with E-state index in [1.807, 2.05) is 0 Å². The summed E-state index contributed by atoms with van der Waals surface area (Å²) >= 11 is 1.55. The summed E-state index contributed by atoms with van der Waals surface area (Å²) < 4.78 is 37.9. The smallest absolute Gasteiger partial charge is 0.308 e. The molecule has 112 valence electrons. The van der Waals surface area contributed by atoms with E-state index in [9.17, 15) is 13.2 Å². The first-order valence-corrected chi connectivity index (χ1v) is 7.96. The molecule has 1 aromatic rings. The van der Waals surface area contributed by atoms with E-state index >= 15 is 0 Å². The van der Waals surface area contributed by atoms with Crippen molar-refractivity contribution in [3.63, 3.8) is 0 Å². The van der Waals surface area contributed by atoms with Crippen molar-refractivity contribution in [3.05, 3.63) is 10.0 Å². The number of nitrogens with zero attached hydrogens (tertiary/aromatic N) is 2. The highest BCUT2D eigenvalue weighted by molar-refractivity contribution is 7.11. The lowest BCUT2D eigenvalue weighted by atomic mass is 9.82. The molecule has 2 aliphatic carbocycles. The van der Waals surface area contributed by atoms with Gasteiger partial charge in [-0.05, 0) is 38.5 Å². The monoisotopic (exact) mass is 305 g/mol. The number of alkyl halides is 3. The van der Waals surface area contributed by atoms with E-state index in [-0.39, 0.29) is 18.8 Å². The van der Waals surface area contributed by atoms with E-state index in [1.54, 1.807) is 11.3 Å². The fraction of sp³-hybridized carbons (Fsp3) is 0.846. The third-order valence-electron chi connectivity index (χ3n) is 4.14. The molecule has 2 fully saturated rings. The van der Waals surface area contributed by atoms with Gasteiger partial charge in [-0.3, -0.25) is 0 Å². The van der Waals surface area contributed by atoms with Crippen LogP contribution in [0.25, 0.3) is 0 Å². The number of hydrogen-bond donors (Lipinski definition) is 1. The van der Waals surface area contributed by atoms with Gasteiger partial charge in [-0.2, -0.15) is 13.2 Å². The van der Waals surface area contributed by atoms with E-state index in [2.05, 4.69) is 15.5 Å². The van der Waals surface area contributed by atoms with Gasteiger partial charge in [-0.1, -0.05) is 11.3 Å². The van der Waals surface area contributed by atoms with Crippen LogP contribution >= 0.6 is 11.3 Å². The Morgan fingerprint density at radius 3 is 2.35 bits per heavy atom. The standard InChI is InChI=1S/C13H18F3N3S/c14-13(15,16)9-3-1-8(2-4-9)12-19-18-11(20-12)7-17-10-5-6-10/h8-10,17H,1-7H2. The summed E-state index contributed by atoms with van der Waals surface area (Å²) in [4.78, 5) is 0. The van der Waals surface area contributed by atoms with E-state index in [0.717, 1.165) is 16.6 Å². The molecule has 0 atom stereocenters. The van der Waals surface area contributed by atoms with Crippen molar-refractivity contribution in [3.8, 4) is 0 Å². The van der Waals surface area contributed by atoms with Gasteiger partial charge in [0.1, 0.15) is 10.0 Å². The predicted octanol–water partition coefficient (Wildman–Crippen LogP) is 3.63. The van der Waals surface area contributed by atoms with Gasteiger partial charge in [0.15, 0.2) is 0 Å². The highest BCUT2D eigenvalue weighted by atomic mass is 32.1. The molecule has 7 heteroatoms. The van der Waals surface area contributed by atoms with E-state index < -0.39 is 12.1 Å². The Kier molecular flexibility index (Phi) is 3.99. The van der Waals surface area contributed by atoms with Gasteiger partial charge in [0.2, 0.25) is 0 Å². The lowest BCUT2D eigenvalue weighted by Crippen LogP contribution is -2.27. The largest absolute Gasteiger partial charge is 0.391 e. The topological polar surface area (TPSA) is 37.8 Å². The van der Waals surface area contributed by atoms with Crippen LogP contribution in [0.2, 0.25) is 0 Å². The molecule has 3 nitrogen and oxygen atoms in total. The van der Waals surface area contributed by atoms with Gasteiger partial charge in [-0.25, -0.2) is 0 Å². The van der Waals surface area contributed by atoms with Crippen LogP contribution in [0.5, 0.6) is 0 Å². The fourth-order valence-corrected chi connectivity index (χ4v) is 3.65. The van der Waals surface area contributed by atoms with Crippen molar-refractivity contribution in [2.75, 3.05) is 0 Å². The summed E-state index contributed by atoms with van der Waals surface area (Å²) in [5.74, 6) is -0.955. The molecule has 0 aliphatic heterocycles. The van der Waals surface area contributed by atoms with E-state index in [4.69, 9.17) is 0 Å². The second kappa shape index (κ2) is 5.60. The zero-order valence-electron chi connectivity index (χ0n) is 11.1. The maximum Gasteiger partial charge on any atom is 0.391 e. The molecular formula is C13H18F3N3S. The Morgan fingerprint density at radius 1 is 1.05 bits per heavy atom. The third kappa shape index (κ3) is 3.49. The maximum absolute atomic E-state index is 12.6. The number of nitrogens with one attached hydrogen (secondary N) is 1. The molecule has 20 heavy (non-hydrogen) atoms. The number of aromatic nitrogens is 2. The van der Waals surface area contributed by atoms with Crippen LogP contribution in [0.1, 0.15) is 54.5 Å². The first-order valence-electron chi connectivity index (χ1n) is 7.15. The molecule has 0 saturated heterocycles. The molecule has 2 aliphatic rings. The highest BCUT2D eigenvalue weighted by Crippen LogP contribution is 2.43. The molecule has 2 saturated carbocycles. The summed E-state index contributed by atoms with van der Waals surface area (Å²) in [6.07, 6.45) is 0.0300. The Labute approximate surface area is 120 Å². The van der Waals surface area contributed by atoms with Crippen molar-refractivity contribution in [1.29, 1.82) is 0 Å². The van der Waals surface area contributed by atoms with Crippen LogP contribution < -0.4 is 5.32 Å². The summed E-state index contributed by atoms with van der Waals surface area (Å²) in [6.45, 7) is 0.736. The minimum Gasteiger partial charge on any atom is -0.308 e. The molecule has 0 radical (unpaired) electrons. The second-order valence-corrected chi connectivity index (χ2v) is 6.87. The van der Waals surface area contributed by atoms with Gasteiger partial charge in [0.25, 0.3) is 0 Å². The molecule has 0 aromatic carbocycles. The summed E-state index contributed by atoms with van der Waals surface area (Å²) in [5, 5.41) is 13.6. The van der Waals surface area contributed by atoms with E-state index in [0.29, 0.717) is 18.9 Å². The molecule has 1 heterocycles. The normalized spacial score (nSPS) is 27.8. The van der Waals surface area contributed by atoms with Crippen LogP contribution in [-0.4, -0.2) is 22.4 Å². The zero-order valence-corrected chi connectivity index (χ0v) is 11.9. The molecule has 1 N–H and O–H groups in total. The van der Waals surface area contributed by atoms with Crippen LogP contribution in [0.15, 0.2) is 0 Å². The lowest BCUT2D eigenvalue weighted by Gasteiger charge is -2.28. The fourth-order valence-electron chi connectivity index (χ4n) is 2.69. The molecule has 0 spiro atoms. The lowest BCUT2D eigenvalue weighted by molar-refractivity contribution is -0.182. The summed E-state index contributed by atoms with van der Waals surface area (Å²) in [6, 6.07) is 0.629. The van der Waals surface area contributed by atoms with Gasteiger partial charge in [0.05, 0.1) is 5.92 Å². The van der Waals surface area contributed by atoms with Crippen molar-refractivity contribution in [1.82, 2.24) is 15.5 Å². The molecule has 0 bridgehead atoms. The van der Waals surface area contributed by atoms with Crippen molar-refractivity contribution in [2.24, 2.45) is 5.92 Å². The number of halogens is 3. The van der Waals surface area contributed by atoms with E-state index in [1.165, 1.54) is 12.8 Å². The Hall–Kier alpha value is -0.690. The van der Waals surface area contributed by atoms with Gasteiger partial charge in [-0.15, -0.1) is 10.2 Å². The Bertz CT molecular complexity index is 448. The molecule has 0 unspecified atom stereocenters. The minimum atomic E-state index is -4.04. The van der Waals surface area contributed by atoms with Crippen LogP contribution in [0.4, 0.5) is 13.2 Å². The molecule has 1 aromatic heterocycles. The number of hydrogen-bond acceptors (Lipinski definition) is 4. The Balaban J connectivity index is 1.52. The zero-order chi connectivity index (χ0) is 14.2. The average Bonchev–Trinajstić information content (AvgIpc) is 3.13. The van der Waals surface area contributed by atoms with Crippen molar-refractivity contribution in [2.45, 2.75) is 63.2 Å². The predicted molar refractivity (Wildman–Crippen MR) is 70.5 cm³/mol. The third-order valence-corrected chi connectivity index (χ3v) is 5.23. The van der Waals surface area contributed by atoms with Crippen molar-refractivity contribution < 1.29 is 13.2 Å². The first kappa shape index (κ1) is 14.3. The molecular weight excluding hydrogens is 287 g/mol. The minimum absolute atomic E-state index is 0.167. The second-order valence-electron chi connectivity index (χ2n) is 5.78. The SMILES string of the molecule is FC(F)(F)C1CCC(c2nnc(CNC3CC3)s2)CC1. The quantitative estimate of drug-likeness (QED) is 0.923. The highest BCUT2D eigenvalue weighted by Gasteiger charge is 2.42. The van der Waals surface area contributed by atoms with Crippen LogP contribution in [0.3, 0.4) is 0 Å². The number of rotatable bonds is 4.